The van der Waals surface area contributed by atoms with Gasteiger partial charge in [0, 0.05) is 43.6 Å². The second kappa shape index (κ2) is 5.45. The summed E-state index contributed by atoms with van der Waals surface area (Å²) in [6, 6.07) is 1.12. The number of rotatable bonds is 5. The molecule has 0 bridgehead atoms. The summed E-state index contributed by atoms with van der Waals surface area (Å²) < 4.78 is 0. The van der Waals surface area contributed by atoms with Gasteiger partial charge in [-0.2, -0.15) is 0 Å². The molecule has 0 aliphatic heterocycles. The summed E-state index contributed by atoms with van der Waals surface area (Å²) >= 11 is 0. The Morgan fingerprint density at radius 3 is 2.37 bits per heavy atom. The van der Waals surface area contributed by atoms with Crippen LogP contribution in [0.3, 0.4) is 0 Å². The largest absolute Gasteiger partial charge is 0.341 e. The van der Waals surface area contributed by atoms with Gasteiger partial charge in [-0.3, -0.25) is 0 Å². The summed E-state index contributed by atoms with van der Waals surface area (Å²) in [6.45, 7) is 9.81. The van der Waals surface area contributed by atoms with Crippen molar-refractivity contribution in [3.05, 3.63) is 18.0 Å². The lowest BCUT2D eigenvalue weighted by Crippen LogP contribution is -2.40. The molecule has 1 atom stereocenters. The zero-order valence-corrected chi connectivity index (χ0v) is 12.8. The Morgan fingerprint density at radius 1 is 1.32 bits per heavy atom. The predicted octanol–water partition coefficient (Wildman–Crippen LogP) is 2.60. The van der Waals surface area contributed by atoms with Crippen LogP contribution in [0.15, 0.2) is 12.4 Å². The van der Waals surface area contributed by atoms with E-state index < -0.39 is 0 Å². The average Bonchev–Trinajstić information content (AvgIpc) is 3.18. The number of nitrogens with zero attached hydrogens (tertiary/aromatic N) is 3. The van der Waals surface area contributed by atoms with E-state index >= 15 is 0 Å². The highest BCUT2D eigenvalue weighted by Crippen LogP contribution is 2.25. The van der Waals surface area contributed by atoms with E-state index in [0.29, 0.717) is 6.04 Å². The number of hydrogen-bond acceptors (Lipinski definition) is 4. The van der Waals surface area contributed by atoms with Gasteiger partial charge in [0.05, 0.1) is 0 Å². The van der Waals surface area contributed by atoms with Gasteiger partial charge in [-0.05, 0) is 25.2 Å². The van der Waals surface area contributed by atoms with Crippen molar-refractivity contribution in [2.45, 2.75) is 59.2 Å². The fourth-order valence-corrected chi connectivity index (χ4v) is 1.93. The molecule has 1 unspecified atom stereocenters. The molecule has 1 aliphatic carbocycles. The van der Waals surface area contributed by atoms with Crippen LogP contribution >= 0.6 is 0 Å². The zero-order valence-electron chi connectivity index (χ0n) is 12.8. The van der Waals surface area contributed by atoms with E-state index in [-0.39, 0.29) is 5.41 Å². The first-order valence-corrected chi connectivity index (χ1v) is 7.15. The van der Waals surface area contributed by atoms with Crippen molar-refractivity contribution in [3.63, 3.8) is 0 Å². The van der Waals surface area contributed by atoms with E-state index in [1.54, 1.807) is 0 Å². The predicted molar refractivity (Wildman–Crippen MR) is 79.2 cm³/mol. The molecule has 106 valence electrons. The van der Waals surface area contributed by atoms with Crippen molar-refractivity contribution >= 4 is 5.95 Å². The summed E-state index contributed by atoms with van der Waals surface area (Å²) in [6.07, 6.45) is 6.49. The quantitative estimate of drug-likeness (QED) is 0.885. The first kappa shape index (κ1) is 14.3. The Hall–Kier alpha value is -1.16. The van der Waals surface area contributed by atoms with Crippen LogP contribution in [-0.2, 0) is 6.54 Å². The molecule has 4 heteroatoms. The van der Waals surface area contributed by atoms with Crippen molar-refractivity contribution in [1.29, 1.82) is 0 Å². The molecule has 0 spiro atoms. The average molecular weight is 262 g/mol. The van der Waals surface area contributed by atoms with Crippen LogP contribution in [0.25, 0.3) is 0 Å². The van der Waals surface area contributed by atoms with Crippen molar-refractivity contribution in [1.82, 2.24) is 15.3 Å². The Morgan fingerprint density at radius 2 is 1.89 bits per heavy atom. The normalized spacial score (nSPS) is 17.3. The van der Waals surface area contributed by atoms with E-state index in [9.17, 15) is 0 Å². The molecule has 1 aliphatic rings. The molecule has 4 nitrogen and oxygen atoms in total. The van der Waals surface area contributed by atoms with Crippen LogP contribution in [0.1, 0.15) is 46.1 Å². The topological polar surface area (TPSA) is 41.1 Å². The van der Waals surface area contributed by atoms with Gasteiger partial charge >= 0.3 is 0 Å². The van der Waals surface area contributed by atoms with Crippen LogP contribution in [0.4, 0.5) is 5.95 Å². The maximum Gasteiger partial charge on any atom is 0.225 e. The van der Waals surface area contributed by atoms with Gasteiger partial charge in [-0.25, -0.2) is 9.97 Å². The first-order valence-electron chi connectivity index (χ1n) is 7.15. The molecule has 19 heavy (non-hydrogen) atoms. The highest BCUT2D eigenvalue weighted by atomic mass is 15.3. The lowest BCUT2D eigenvalue weighted by molar-refractivity contribution is 0.327. The molecule has 0 aromatic carbocycles. The van der Waals surface area contributed by atoms with Crippen molar-refractivity contribution in [2.24, 2.45) is 5.41 Å². The maximum atomic E-state index is 4.49. The van der Waals surface area contributed by atoms with Crippen molar-refractivity contribution in [3.8, 4) is 0 Å². The summed E-state index contributed by atoms with van der Waals surface area (Å²) in [5, 5.41) is 3.47. The first-order chi connectivity index (χ1) is 8.88. The molecule has 1 saturated carbocycles. The smallest absolute Gasteiger partial charge is 0.225 e. The van der Waals surface area contributed by atoms with E-state index in [2.05, 4.69) is 54.9 Å². The fraction of sp³-hybridized carbons (Fsp3) is 0.733. The number of aromatic nitrogens is 2. The van der Waals surface area contributed by atoms with Crippen LogP contribution < -0.4 is 10.2 Å². The third-order valence-electron chi connectivity index (χ3n) is 4.01. The van der Waals surface area contributed by atoms with Crippen molar-refractivity contribution in [2.75, 3.05) is 11.9 Å². The van der Waals surface area contributed by atoms with Crippen LogP contribution in [-0.4, -0.2) is 29.1 Å². The molecule has 2 rings (SSSR count). The monoisotopic (exact) mass is 262 g/mol. The van der Waals surface area contributed by atoms with Crippen LogP contribution in [0.2, 0.25) is 0 Å². The molecule has 1 heterocycles. The van der Waals surface area contributed by atoms with Gasteiger partial charge in [0.25, 0.3) is 0 Å². The van der Waals surface area contributed by atoms with Gasteiger partial charge in [0.1, 0.15) is 0 Å². The second-order valence-corrected chi connectivity index (χ2v) is 6.70. The molecule has 1 aromatic heterocycles. The van der Waals surface area contributed by atoms with Crippen LogP contribution in [0.5, 0.6) is 0 Å². The highest BCUT2D eigenvalue weighted by molar-refractivity contribution is 5.30. The highest BCUT2D eigenvalue weighted by Gasteiger charge is 2.25. The number of nitrogens with one attached hydrogen (secondary N) is 1. The minimum atomic E-state index is 0.213. The Kier molecular flexibility index (Phi) is 4.09. The molecule has 0 amide bonds. The molecule has 1 fully saturated rings. The van der Waals surface area contributed by atoms with Gasteiger partial charge in [0.2, 0.25) is 5.95 Å². The van der Waals surface area contributed by atoms with Gasteiger partial charge in [-0.15, -0.1) is 0 Å². The maximum absolute atomic E-state index is 4.49. The molecular weight excluding hydrogens is 236 g/mol. The zero-order chi connectivity index (χ0) is 14.0. The molecule has 1 aromatic rings. The van der Waals surface area contributed by atoms with Crippen molar-refractivity contribution < 1.29 is 0 Å². The van der Waals surface area contributed by atoms with E-state index in [1.807, 2.05) is 12.4 Å². The Bertz CT molecular complexity index is 403. The lowest BCUT2D eigenvalue weighted by atomic mass is 9.87. The summed E-state index contributed by atoms with van der Waals surface area (Å²) in [7, 11) is 2.06. The van der Waals surface area contributed by atoms with Gasteiger partial charge < -0.3 is 10.2 Å². The van der Waals surface area contributed by atoms with Gasteiger partial charge in [0.15, 0.2) is 0 Å². The molecule has 0 radical (unpaired) electrons. The lowest BCUT2D eigenvalue weighted by Gasteiger charge is -2.35. The molecular formula is C15H26N4. The Balaban J connectivity index is 1.96. The fourth-order valence-electron chi connectivity index (χ4n) is 1.93. The summed E-state index contributed by atoms with van der Waals surface area (Å²) in [4.78, 5) is 11.1. The standard InChI is InChI=1S/C15H26N4/c1-11(15(2,3)4)19(5)14-17-9-12(10-18-14)8-16-13-6-7-13/h9-11,13,16H,6-8H2,1-5H3. The summed E-state index contributed by atoms with van der Waals surface area (Å²) in [5.41, 5.74) is 1.37. The number of anilines is 1. The minimum Gasteiger partial charge on any atom is -0.341 e. The third-order valence-corrected chi connectivity index (χ3v) is 4.01. The second-order valence-electron chi connectivity index (χ2n) is 6.70. The van der Waals surface area contributed by atoms with E-state index in [1.165, 1.54) is 12.8 Å². The van der Waals surface area contributed by atoms with Crippen LogP contribution in [0, 0.1) is 5.41 Å². The Labute approximate surface area is 116 Å². The summed E-state index contributed by atoms with van der Waals surface area (Å²) in [5.74, 6) is 0.803. The van der Waals surface area contributed by atoms with E-state index in [0.717, 1.165) is 24.1 Å². The SMILES string of the molecule is CC(N(C)c1ncc(CNC2CC2)cn1)C(C)(C)C. The molecule has 0 saturated heterocycles. The van der Waals surface area contributed by atoms with E-state index in [4.69, 9.17) is 0 Å². The van der Waals surface area contributed by atoms with Gasteiger partial charge in [-0.1, -0.05) is 20.8 Å². The number of hydrogen-bond donors (Lipinski definition) is 1. The third kappa shape index (κ3) is 3.90. The molecule has 1 N–H and O–H groups in total. The minimum absolute atomic E-state index is 0.213.